The Kier molecular flexibility index (Phi) is 2.08. The largest absolute Gasteiger partial charge is 0.345 e. The molecule has 2 nitrogen and oxygen atoms in total. The van der Waals surface area contributed by atoms with E-state index in [9.17, 15) is 0 Å². The molecule has 0 aromatic heterocycles. The third kappa shape index (κ3) is 1.28. The fourth-order valence-electron chi connectivity index (χ4n) is 7.43. The predicted octanol–water partition coefficient (Wildman–Crippen LogP) is 4.18. The molecule has 124 valence electrons. The average Bonchev–Trinajstić information content (AvgIpc) is 2.95. The molecule has 0 aromatic rings. The Balaban J connectivity index is 1.52. The third-order valence-electron chi connectivity index (χ3n) is 8.21. The third-order valence-corrected chi connectivity index (χ3v) is 8.21. The summed E-state index contributed by atoms with van der Waals surface area (Å²) in [5.74, 6) is 3.69. The van der Waals surface area contributed by atoms with Gasteiger partial charge in [-0.05, 0) is 48.0 Å². The van der Waals surface area contributed by atoms with Crippen LogP contribution in [0.15, 0.2) is 23.8 Å². The van der Waals surface area contributed by atoms with Gasteiger partial charge in [-0.25, -0.2) is 0 Å². The first-order valence-electron chi connectivity index (χ1n) is 9.50. The lowest BCUT2D eigenvalue weighted by Gasteiger charge is -2.48. The molecule has 23 heavy (non-hydrogen) atoms. The summed E-state index contributed by atoms with van der Waals surface area (Å²) >= 11 is 0. The van der Waals surface area contributed by atoms with Gasteiger partial charge in [0, 0.05) is 16.2 Å². The van der Waals surface area contributed by atoms with Crippen LogP contribution in [0.3, 0.4) is 0 Å². The molecule has 7 aliphatic rings. The van der Waals surface area contributed by atoms with Gasteiger partial charge in [0.15, 0.2) is 5.79 Å². The molecule has 7 rings (SSSR count). The van der Waals surface area contributed by atoms with Crippen molar-refractivity contribution in [2.45, 2.75) is 46.3 Å². The lowest BCUT2D eigenvalue weighted by Crippen LogP contribution is -2.54. The molecule has 6 atom stereocenters. The normalized spacial score (nSPS) is 54.8. The SMILES string of the molecule is CC1(C)COC2(OC1)C1=C[C@@H]3C=C[C@H]4[C@H]5C[C@@H]3[C@]1(CC2(C)C)[C@H]45. The molecule has 0 aromatic carbocycles. The van der Waals surface area contributed by atoms with Crippen LogP contribution < -0.4 is 0 Å². The van der Waals surface area contributed by atoms with Crippen LogP contribution in [0, 0.1) is 45.8 Å². The molecule has 0 unspecified atom stereocenters. The minimum atomic E-state index is -0.456. The van der Waals surface area contributed by atoms with E-state index in [1.807, 2.05) is 0 Å². The van der Waals surface area contributed by atoms with Gasteiger partial charge in [0.05, 0.1) is 13.2 Å². The highest BCUT2D eigenvalue weighted by atomic mass is 16.7. The minimum absolute atomic E-state index is 0.0743. The Hall–Kier alpha value is -0.600. The quantitative estimate of drug-likeness (QED) is 0.625. The zero-order chi connectivity index (χ0) is 15.8. The Bertz CT molecular complexity index is 659. The molecule has 4 fully saturated rings. The van der Waals surface area contributed by atoms with Crippen LogP contribution in [-0.2, 0) is 9.47 Å². The topological polar surface area (TPSA) is 18.5 Å². The molecule has 1 aliphatic heterocycles. The monoisotopic (exact) mass is 312 g/mol. The van der Waals surface area contributed by atoms with E-state index in [0.717, 1.165) is 36.9 Å². The summed E-state index contributed by atoms with van der Waals surface area (Å²) in [7, 11) is 0. The molecule has 2 heteroatoms. The zero-order valence-electron chi connectivity index (χ0n) is 14.8. The maximum absolute atomic E-state index is 6.63. The first-order chi connectivity index (χ1) is 10.8. The van der Waals surface area contributed by atoms with Gasteiger partial charge in [0.25, 0.3) is 0 Å². The van der Waals surface area contributed by atoms with Gasteiger partial charge < -0.3 is 9.47 Å². The van der Waals surface area contributed by atoms with Gasteiger partial charge in [-0.2, -0.15) is 0 Å². The van der Waals surface area contributed by atoms with Crippen LogP contribution in [0.5, 0.6) is 0 Å². The Labute approximate surface area is 139 Å². The van der Waals surface area contributed by atoms with Crippen molar-refractivity contribution >= 4 is 0 Å². The van der Waals surface area contributed by atoms with Crippen molar-refractivity contribution in [2.75, 3.05) is 13.2 Å². The van der Waals surface area contributed by atoms with Crippen molar-refractivity contribution in [2.24, 2.45) is 45.8 Å². The van der Waals surface area contributed by atoms with Crippen LogP contribution in [-0.4, -0.2) is 19.0 Å². The van der Waals surface area contributed by atoms with E-state index < -0.39 is 5.79 Å². The summed E-state index contributed by atoms with van der Waals surface area (Å²) < 4.78 is 13.3. The van der Waals surface area contributed by atoms with E-state index in [2.05, 4.69) is 45.9 Å². The second-order valence-electron chi connectivity index (χ2n) is 10.6. The molecule has 1 saturated heterocycles. The number of allylic oxidation sites excluding steroid dienone is 3. The molecule has 6 bridgehead atoms. The average molecular weight is 312 g/mol. The summed E-state index contributed by atoms with van der Waals surface area (Å²) in [4.78, 5) is 0. The molecule has 3 saturated carbocycles. The van der Waals surface area contributed by atoms with Crippen LogP contribution in [0.1, 0.15) is 40.5 Å². The predicted molar refractivity (Wildman–Crippen MR) is 88.5 cm³/mol. The molecule has 0 N–H and O–H groups in total. The van der Waals surface area contributed by atoms with Crippen LogP contribution in [0.25, 0.3) is 0 Å². The van der Waals surface area contributed by atoms with E-state index >= 15 is 0 Å². The second kappa shape index (κ2) is 3.51. The van der Waals surface area contributed by atoms with E-state index in [1.165, 1.54) is 12.8 Å². The Morgan fingerprint density at radius 3 is 2.52 bits per heavy atom. The summed E-state index contributed by atoms with van der Waals surface area (Å²) in [5, 5.41) is 0. The molecular formula is C21H28O2. The van der Waals surface area contributed by atoms with Gasteiger partial charge in [-0.3, -0.25) is 0 Å². The fourth-order valence-corrected chi connectivity index (χ4v) is 7.43. The van der Waals surface area contributed by atoms with Gasteiger partial charge in [-0.1, -0.05) is 45.9 Å². The summed E-state index contributed by atoms with van der Waals surface area (Å²) in [6.45, 7) is 10.9. The van der Waals surface area contributed by atoms with Crippen molar-refractivity contribution in [1.29, 1.82) is 0 Å². The summed E-state index contributed by atoms with van der Waals surface area (Å²) in [6, 6.07) is 0. The molecule has 2 spiro atoms. The zero-order valence-corrected chi connectivity index (χ0v) is 14.8. The first-order valence-corrected chi connectivity index (χ1v) is 9.50. The van der Waals surface area contributed by atoms with Crippen molar-refractivity contribution in [3.8, 4) is 0 Å². The van der Waals surface area contributed by atoms with E-state index in [4.69, 9.17) is 9.47 Å². The van der Waals surface area contributed by atoms with Crippen LogP contribution in [0.2, 0.25) is 0 Å². The highest BCUT2D eigenvalue weighted by Gasteiger charge is 2.81. The van der Waals surface area contributed by atoms with Gasteiger partial charge in [0.1, 0.15) is 0 Å². The number of ether oxygens (including phenoxy) is 2. The maximum atomic E-state index is 6.63. The van der Waals surface area contributed by atoms with Crippen molar-refractivity contribution in [1.82, 2.24) is 0 Å². The highest BCUT2D eigenvalue weighted by molar-refractivity contribution is 5.49. The molecule has 0 amide bonds. The Morgan fingerprint density at radius 1 is 1.04 bits per heavy atom. The first kappa shape index (κ1) is 13.7. The Morgan fingerprint density at radius 2 is 1.78 bits per heavy atom. The van der Waals surface area contributed by atoms with E-state index in [-0.39, 0.29) is 10.8 Å². The highest BCUT2D eigenvalue weighted by Crippen LogP contribution is 2.84. The number of rotatable bonds is 0. The molecule has 1 heterocycles. The van der Waals surface area contributed by atoms with Gasteiger partial charge >= 0.3 is 0 Å². The number of fused-ring (bicyclic) bond motifs is 1. The lowest BCUT2D eigenvalue weighted by molar-refractivity contribution is -0.313. The standard InChI is InChI=1S/C21H28O2/c1-18(2)10-22-21(23-11-18)16-7-12-5-6-13-14-8-15(12)20(16,17(13)14)9-19(21,3)4/h5-7,12-15,17H,8-11H2,1-4H3/t12-,13-,14+,15-,17+,20-/m0/s1. The number of hydrogen-bond donors (Lipinski definition) is 0. The smallest absolute Gasteiger partial charge is 0.196 e. The van der Waals surface area contributed by atoms with Crippen LogP contribution >= 0.6 is 0 Å². The molecular weight excluding hydrogens is 284 g/mol. The van der Waals surface area contributed by atoms with Gasteiger partial charge in [-0.15, -0.1) is 0 Å². The molecule has 0 radical (unpaired) electrons. The number of hydrogen-bond acceptors (Lipinski definition) is 2. The maximum Gasteiger partial charge on any atom is 0.196 e. The van der Waals surface area contributed by atoms with Crippen molar-refractivity contribution < 1.29 is 9.47 Å². The summed E-state index contributed by atoms with van der Waals surface area (Å²) in [6.07, 6.45) is 10.3. The van der Waals surface area contributed by atoms with Crippen LogP contribution in [0.4, 0.5) is 0 Å². The van der Waals surface area contributed by atoms with E-state index in [1.54, 1.807) is 5.57 Å². The second-order valence-corrected chi connectivity index (χ2v) is 10.6. The minimum Gasteiger partial charge on any atom is -0.345 e. The molecule has 6 aliphatic carbocycles. The fraction of sp³-hybridized carbons (Fsp3) is 0.810. The lowest BCUT2D eigenvalue weighted by atomic mass is 9.69. The van der Waals surface area contributed by atoms with Crippen molar-refractivity contribution in [3.63, 3.8) is 0 Å². The van der Waals surface area contributed by atoms with Crippen molar-refractivity contribution in [3.05, 3.63) is 23.8 Å². The van der Waals surface area contributed by atoms with E-state index in [0.29, 0.717) is 11.3 Å². The summed E-state index contributed by atoms with van der Waals surface area (Å²) in [5.41, 5.74) is 2.14. The van der Waals surface area contributed by atoms with Gasteiger partial charge in [0.2, 0.25) is 0 Å².